The molecule has 17 heavy (non-hydrogen) atoms. The second-order valence-electron chi connectivity index (χ2n) is 3.49. The zero-order valence-corrected chi connectivity index (χ0v) is 10.7. The van der Waals surface area contributed by atoms with Crippen molar-refractivity contribution < 1.29 is 9.84 Å². The van der Waals surface area contributed by atoms with Crippen molar-refractivity contribution >= 4 is 23.0 Å². The van der Waals surface area contributed by atoms with Gasteiger partial charge in [0, 0.05) is 18.8 Å². The number of aliphatic hydroxyl groups excluding tert-OH is 1. The fourth-order valence-electron chi connectivity index (χ4n) is 1.48. The number of rotatable bonds is 6. The van der Waals surface area contributed by atoms with Crippen LogP contribution in [-0.4, -0.2) is 30.0 Å². The van der Waals surface area contributed by atoms with E-state index in [2.05, 4.69) is 0 Å². The van der Waals surface area contributed by atoms with Gasteiger partial charge in [0.25, 0.3) is 0 Å². The van der Waals surface area contributed by atoms with Crippen LogP contribution in [0.4, 0.5) is 5.69 Å². The molecule has 5 heteroatoms. The van der Waals surface area contributed by atoms with Crippen molar-refractivity contribution in [3.63, 3.8) is 0 Å². The monoisotopic (exact) mass is 254 g/mol. The van der Waals surface area contributed by atoms with E-state index in [9.17, 15) is 0 Å². The first-order chi connectivity index (χ1) is 8.19. The molecule has 0 spiro atoms. The molecule has 0 saturated heterocycles. The Kier molecular flexibility index (Phi) is 5.72. The predicted molar refractivity (Wildman–Crippen MR) is 73.4 cm³/mol. The molecule has 0 fully saturated rings. The van der Waals surface area contributed by atoms with Crippen molar-refractivity contribution in [3.05, 3.63) is 24.3 Å². The molecule has 0 atom stereocenters. The Hall–Kier alpha value is -1.33. The number of ether oxygens (including phenoxy) is 1. The summed E-state index contributed by atoms with van der Waals surface area (Å²) in [5, 5.41) is 9.14. The van der Waals surface area contributed by atoms with Crippen LogP contribution in [0.3, 0.4) is 0 Å². The lowest BCUT2D eigenvalue weighted by atomic mass is 10.2. The van der Waals surface area contributed by atoms with Gasteiger partial charge in [0.1, 0.15) is 5.75 Å². The zero-order chi connectivity index (χ0) is 12.7. The van der Waals surface area contributed by atoms with E-state index in [1.807, 2.05) is 31.2 Å². The van der Waals surface area contributed by atoms with Crippen LogP contribution in [0.5, 0.6) is 5.75 Å². The molecule has 0 aliphatic carbocycles. The van der Waals surface area contributed by atoms with Gasteiger partial charge in [0.2, 0.25) is 0 Å². The maximum absolute atomic E-state index is 8.83. The summed E-state index contributed by atoms with van der Waals surface area (Å²) in [6.07, 6.45) is 0.630. The van der Waals surface area contributed by atoms with Crippen molar-refractivity contribution in [1.29, 1.82) is 0 Å². The Balaban J connectivity index is 2.76. The molecule has 0 radical (unpaired) electrons. The van der Waals surface area contributed by atoms with Gasteiger partial charge in [-0.3, -0.25) is 0 Å². The number of hydrogen-bond donors (Lipinski definition) is 2. The normalized spacial score (nSPS) is 10.0. The van der Waals surface area contributed by atoms with E-state index in [-0.39, 0.29) is 6.61 Å². The first kappa shape index (κ1) is 13.7. The highest BCUT2D eigenvalue weighted by Gasteiger charge is 2.08. The van der Waals surface area contributed by atoms with Crippen LogP contribution >= 0.6 is 12.2 Å². The van der Waals surface area contributed by atoms with E-state index in [0.29, 0.717) is 24.7 Å². The van der Waals surface area contributed by atoms with Crippen molar-refractivity contribution in [3.8, 4) is 5.75 Å². The van der Waals surface area contributed by atoms with Gasteiger partial charge >= 0.3 is 0 Å². The summed E-state index contributed by atoms with van der Waals surface area (Å²) in [6.45, 7) is 3.31. The molecular weight excluding hydrogens is 236 g/mol. The highest BCUT2D eigenvalue weighted by molar-refractivity contribution is 7.80. The molecular formula is C12H18N2O2S. The predicted octanol–water partition coefficient (Wildman–Crippen LogP) is 1.52. The molecule has 4 nitrogen and oxygen atoms in total. The fraction of sp³-hybridized carbons (Fsp3) is 0.417. The minimum atomic E-state index is 0.121. The maximum Gasteiger partial charge on any atom is 0.170 e. The van der Waals surface area contributed by atoms with E-state index < -0.39 is 0 Å². The van der Waals surface area contributed by atoms with Gasteiger partial charge in [-0.15, -0.1) is 0 Å². The molecule has 0 aromatic heterocycles. The molecule has 0 amide bonds. The van der Waals surface area contributed by atoms with Gasteiger partial charge in [-0.05, 0) is 49.8 Å². The topological polar surface area (TPSA) is 58.7 Å². The lowest BCUT2D eigenvalue weighted by Crippen LogP contribution is -2.36. The molecule has 0 bridgehead atoms. The molecule has 0 saturated carbocycles. The number of nitrogens with zero attached hydrogens (tertiary/aromatic N) is 1. The average Bonchev–Trinajstić information content (AvgIpc) is 2.31. The quantitative estimate of drug-likeness (QED) is 0.754. The number of aliphatic hydroxyl groups is 1. The molecule has 0 aliphatic heterocycles. The first-order valence-electron chi connectivity index (χ1n) is 5.59. The van der Waals surface area contributed by atoms with Crippen LogP contribution in [0.15, 0.2) is 24.3 Å². The fourth-order valence-corrected chi connectivity index (χ4v) is 1.68. The van der Waals surface area contributed by atoms with Gasteiger partial charge < -0.3 is 20.5 Å². The van der Waals surface area contributed by atoms with E-state index in [1.54, 1.807) is 4.90 Å². The Bertz CT molecular complexity index is 354. The largest absolute Gasteiger partial charge is 0.494 e. The standard InChI is InChI=1S/C12H18N2O2S/c1-2-16-11-6-4-10(5-7-11)14(12(13)17)8-3-9-15/h4-7,15H,2-3,8-9H2,1H3,(H2,13,17). The van der Waals surface area contributed by atoms with Crippen LogP contribution in [-0.2, 0) is 0 Å². The number of nitrogens with two attached hydrogens (primary N) is 1. The second kappa shape index (κ2) is 7.09. The van der Waals surface area contributed by atoms with Gasteiger partial charge in [0.15, 0.2) is 5.11 Å². The minimum Gasteiger partial charge on any atom is -0.494 e. The Morgan fingerprint density at radius 1 is 1.41 bits per heavy atom. The van der Waals surface area contributed by atoms with E-state index >= 15 is 0 Å². The van der Waals surface area contributed by atoms with Gasteiger partial charge in [-0.2, -0.15) is 0 Å². The summed E-state index contributed by atoms with van der Waals surface area (Å²) >= 11 is 4.99. The summed E-state index contributed by atoms with van der Waals surface area (Å²) < 4.78 is 5.36. The Morgan fingerprint density at radius 3 is 2.53 bits per heavy atom. The lowest BCUT2D eigenvalue weighted by Gasteiger charge is -2.22. The Morgan fingerprint density at radius 2 is 2.06 bits per heavy atom. The molecule has 3 N–H and O–H groups in total. The van der Waals surface area contributed by atoms with Crippen molar-refractivity contribution in [1.82, 2.24) is 0 Å². The Labute approximate surface area is 107 Å². The molecule has 1 aromatic carbocycles. The number of benzene rings is 1. The number of thiocarbonyl (C=S) groups is 1. The molecule has 0 unspecified atom stereocenters. The van der Waals surface area contributed by atoms with Gasteiger partial charge in [-0.1, -0.05) is 0 Å². The third kappa shape index (κ3) is 4.20. The van der Waals surface area contributed by atoms with Crippen molar-refractivity contribution in [2.75, 3.05) is 24.7 Å². The highest BCUT2D eigenvalue weighted by atomic mass is 32.1. The van der Waals surface area contributed by atoms with Crippen LogP contribution < -0.4 is 15.4 Å². The zero-order valence-electron chi connectivity index (χ0n) is 9.93. The van der Waals surface area contributed by atoms with E-state index in [4.69, 9.17) is 27.8 Å². The van der Waals surface area contributed by atoms with Crippen molar-refractivity contribution in [2.24, 2.45) is 5.73 Å². The van der Waals surface area contributed by atoms with E-state index in [0.717, 1.165) is 11.4 Å². The summed E-state index contributed by atoms with van der Waals surface area (Å²) in [6, 6.07) is 7.56. The summed E-state index contributed by atoms with van der Waals surface area (Å²) in [7, 11) is 0. The number of hydrogen-bond acceptors (Lipinski definition) is 3. The third-order valence-electron chi connectivity index (χ3n) is 2.27. The maximum atomic E-state index is 8.83. The SMILES string of the molecule is CCOc1ccc(N(CCCO)C(N)=S)cc1. The summed E-state index contributed by atoms with van der Waals surface area (Å²) in [5.41, 5.74) is 6.56. The van der Waals surface area contributed by atoms with Crippen LogP contribution in [0, 0.1) is 0 Å². The van der Waals surface area contributed by atoms with Crippen LogP contribution in [0.25, 0.3) is 0 Å². The molecule has 0 heterocycles. The first-order valence-corrected chi connectivity index (χ1v) is 6.00. The van der Waals surface area contributed by atoms with Crippen LogP contribution in [0.2, 0.25) is 0 Å². The third-order valence-corrected chi connectivity index (χ3v) is 2.49. The van der Waals surface area contributed by atoms with Crippen molar-refractivity contribution in [2.45, 2.75) is 13.3 Å². The summed E-state index contributed by atoms with van der Waals surface area (Å²) in [5.74, 6) is 0.821. The summed E-state index contributed by atoms with van der Waals surface area (Å²) in [4.78, 5) is 1.79. The molecule has 1 rings (SSSR count). The smallest absolute Gasteiger partial charge is 0.170 e. The second-order valence-corrected chi connectivity index (χ2v) is 3.91. The minimum absolute atomic E-state index is 0.121. The van der Waals surface area contributed by atoms with Gasteiger partial charge in [0.05, 0.1) is 6.61 Å². The lowest BCUT2D eigenvalue weighted by molar-refractivity contribution is 0.291. The van der Waals surface area contributed by atoms with Gasteiger partial charge in [-0.25, -0.2) is 0 Å². The highest BCUT2D eigenvalue weighted by Crippen LogP contribution is 2.19. The molecule has 0 aliphatic rings. The van der Waals surface area contributed by atoms with Crippen LogP contribution in [0.1, 0.15) is 13.3 Å². The molecule has 94 valence electrons. The number of anilines is 1. The average molecular weight is 254 g/mol. The molecule has 1 aromatic rings. The van der Waals surface area contributed by atoms with E-state index in [1.165, 1.54) is 0 Å².